The average molecular weight is 371 g/mol. The van der Waals surface area contributed by atoms with E-state index < -0.39 is 5.54 Å². The van der Waals surface area contributed by atoms with Gasteiger partial charge in [-0.25, -0.2) is 9.78 Å². The second-order valence-corrected chi connectivity index (χ2v) is 5.92. The van der Waals surface area contributed by atoms with Crippen molar-refractivity contribution in [3.8, 4) is 10.6 Å². The predicted molar refractivity (Wildman–Crippen MR) is 91.0 cm³/mol. The van der Waals surface area contributed by atoms with Gasteiger partial charge in [-0.05, 0) is 32.9 Å². The summed E-state index contributed by atoms with van der Waals surface area (Å²) in [6, 6.07) is 7.25. The van der Waals surface area contributed by atoms with Gasteiger partial charge in [0.2, 0.25) is 0 Å². The molecule has 21 heavy (non-hydrogen) atoms. The first-order chi connectivity index (χ1) is 9.41. The van der Waals surface area contributed by atoms with Gasteiger partial charge in [0, 0.05) is 10.9 Å². The molecule has 114 valence electrons. The van der Waals surface area contributed by atoms with Crippen LogP contribution in [0.5, 0.6) is 0 Å². The molecule has 6 heteroatoms. The quantitative estimate of drug-likeness (QED) is 0.832. The van der Waals surface area contributed by atoms with Gasteiger partial charge in [-0.15, -0.1) is 28.3 Å². The molecule has 0 aliphatic carbocycles. The molecule has 0 aliphatic rings. The van der Waals surface area contributed by atoms with Crippen molar-refractivity contribution in [3.63, 3.8) is 0 Å². The van der Waals surface area contributed by atoms with E-state index in [0.29, 0.717) is 12.2 Å². The number of rotatable bonds is 4. The lowest BCUT2D eigenvalue weighted by Crippen LogP contribution is -2.28. The maximum Gasteiger partial charge on any atom is 0.338 e. The van der Waals surface area contributed by atoms with Crippen LogP contribution in [0.25, 0.3) is 10.6 Å². The summed E-state index contributed by atoms with van der Waals surface area (Å²) in [5.74, 6) is -0.304. The van der Waals surface area contributed by atoms with E-state index in [0.717, 1.165) is 16.3 Å². The first-order valence-electron chi connectivity index (χ1n) is 6.44. The highest BCUT2D eigenvalue weighted by Gasteiger charge is 2.18. The SMILES string of the molecule is Br.CCOC(=O)c1ccc(-c2nc(C(C)(C)N)cs2)cc1. The maximum absolute atomic E-state index is 11.6. The second-order valence-electron chi connectivity index (χ2n) is 5.06. The molecule has 0 unspecified atom stereocenters. The number of halogens is 1. The number of ether oxygens (including phenoxy) is 1. The molecule has 0 saturated carbocycles. The summed E-state index contributed by atoms with van der Waals surface area (Å²) in [6.45, 7) is 6.02. The zero-order valence-corrected chi connectivity index (χ0v) is 14.8. The van der Waals surface area contributed by atoms with Crippen molar-refractivity contribution in [3.05, 3.63) is 40.9 Å². The van der Waals surface area contributed by atoms with Crippen molar-refractivity contribution in [2.24, 2.45) is 5.73 Å². The van der Waals surface area contributed by atoms with E-state index in [-0.39, 0.29) is 23.0 Å². The minimum atomic E-state index is -0.445. The van der Waals surface area contributed by atoms with E-state index in [1.807, 2.05) is 31.4 Å². The Bertz CT molecular complexity index is 603. The fraction of sp³-hybridized carbons (Fsp3) is 0.333. The van der Waals surface area contributed by atoms with Crippen molar-refractivity contribution in [2.75, 3.05) is 6.61 Å². The zero-order valence-electron chi connectivity index (χ0n) is 12.3. The molecule has 2 aromatic rings. The Morgan fingerprint density at radius 3 is 2.43 bits per heavy atom. The van der Waals surface area contributed by atoms with E-state index in [1.54, 1.807) is 30.4 Å². The summed E-state index contributed by atoms with van der Waals surface area (Å²) in [6.07, 6.45) is 0. The molecular weight excluding hydrogens is 352 g/mol. The summed E-state index contributed by atoms with van der Waals surface area (Å²) in [5.41, 5.74) is 7.97. The van der Waals surface area contributed by atoms with Gasteiger partial charge < -0.3 is 10.5 Å². The molecule has 0 spiro atoms. The Kier molecular flexibility index (Phi) is 6.07. The van der Waals surface area contributed by atoms with Crippen molar-refractivity contribution in [1.82, 2.24) is 4.98 Å². The Morgan fingerprint density at radius 1 is 1.33 bits per heavy atom. The average Bonchev–Trinajstić information content (AvgIpc) is 2.89. The maximum atomic E-state index is 11.6. The Labute approximate surface area is 139 Å². The lowest BCUT2D eigenvalue weighted by Gasteiger charge is -2.14. The molecule has 0 aliphatic heterocycles. The van der Waals surface area contributed by atoms with Crippen molar-refractivity contribution < 1.29 is 9.53 Å². The molecule has 2 rings (SSSR count). The minimum absolute atomic E-state index is 0. The van der Waals surface area contributed by atoms with E-state index in [2.05, 4.69) is 4.98 Å². The number of hydrogen-bond acceptors (Lipinski definition) is 5. The number of thiazole rings is 1. The number of hydrogen-bond donors (Lipinski definition) is 1. The largest absolute Gasteiger partial charge is 0.462 e. The van der Waals surface area contributed by atoms with Gasteiger partial charge >= 0.3 is 5.97 Å². The van der Waals surface area contributed by atoms with Crippen LogP contribution in [-0.2, 0) is 10.3 Å². The number of aromatic nitrogens is 1. The van der Waals surface area contributed by atoms with Crippen LogP contribution in [0.15, 0.2) is 29.6 Å². The van der Waals surface area contributed by atoms with Gasteiger partial charge in [0.05, 0.1) is 23.4 Å². The third-order valence-electron chi connectivity index (χ3n) is 2.81. The predicted octanol–water partition coefficient (Wildman–Crippen LogP) is 3.76. The summed E-state index contributed by atoms with van der Waals surface area (Å²) in [7, 11) is 0. The third-order valence-corrected chi connectivity index (χ3v) is 3.70. The highest BCUT2D eigenvalue weighted by Crippen LogP contribution is 2.27. The lowest BCUT2D eigenvalue weighted by atomic mass is 10.0. The molecule has 0 radical (unpaired) electrons. The van der Waals surface area contributed by atoms with Crippen LogP contribution in [0, 0.1) is 0 Å². The molecule has 1 aromatic heterocycles. The summed E-state index contributed by atoms with van der Waals surface area (Å²) in [5, 5.41) is 2.86. The van der Waals surface area contributed by atoms with Gasteiger partial charge in [-0.1, -0.05) is 12.1 Å². The number of carbonyl (C=O) groups excluding carboxylic acids is 1. The first-order valence-corrected chi connectivity index (χ1v) is 7.32. The smallest absolute Gasteiger partial charge is 0.338 e. The first kappa shape index (κ1) is 17.8. The summed E-state index contributed by atoms with van der Waals surface area (Å²) >= 11 is 1.55. The van der Waals surface area contributed by atoms with E-state index in [9.17, 15) is 4.79 Å². The zero-order chi connectivity index (χ0) is 14.8. The monoisotopic (exact) mass is 370 g/mol. The number of benzene rings is 1. The van der Waals surface area contributed by atoms with Crippen LogP contribution < -0.4 is 5.73 Å². The van der Waals surface area contributed by atoms with Crippen LogP contribution in [0.3, 0.4) is 0 Å². The Morgan fingerprint density at radius 2 is 1.95 bits per heavy atom. The summed E-state index contributed by atoms with van der Waals surface area (Å²) < 4.78 is 4.95. The molecule has 1 aromatic carbocycles. The molecule has 0 atom stereocenters. The number of nitrogens with two attached hydrogens (primary N) is 1. The van der Waals surface area contributed by atoms with Crippen LogP contribution >= 0.6 is 28.3 Å². The Balaban J connectivity index is 0.00000220. The third kappa shape index (κ3) is 4.36. The van der Waals surface area contributed by atoms with E-state index in [1.165, 1.54) is 0 Å². The van der Waals surface area contributed by atoms with E-state index in [4.69, 9.17) is 10.5 Å². The summed E-state index contributed by atoms with van der Waals surface area (Å²) in [4.78, 5) is 16.1. The molecular formula is C15H19BrN2O2S. The van der Waals surface area contributed by atoms with Crippen LogP contribution in [0.4, 0.5) is 0 Å². The molecule has 1 heterocycles. The molecule has 2 N–H and O–H groups in total. The van der Waals surface area contributed by atoms with Crippen LogP contribution in [0.1, 0.15) is 36.8 Å². The highest BCUT2D eigenvalue weighted by atomic mass is 79.9. The molecule has 0 saturated heterocycles. The number of esters is 1. The van der Waals surface area contributed by atoms with Crippen LogP contribution in [0.2, 0.25) is 0 Å². The fourth-order valence-corrected chi connectivity index (χ4v) is 2.67. The highest BCUT2D eigenvalue weighted by molar-refractivity contribution is 8.93. The van der Waals surface area contributed by atoms with Crippen molar-refractivity contribution in [1.29, 1.82) is 0 Å². The fourth-order valence-electron chi connectivity index (χ4n) is 1.67. The molecule has 0 amide bonds. The second kappa shape index (κ2) is 7.15. The topological polar surface area (TPSA) is 65.2 Å². The molecule has 4 nitrogen and oxygen atoms in total. The van der Waals surface area contributed by atoms with Crippen LogP contribution in [-0.4, -0.2) is 17.6 Å². The standard InChI is InChI=1S/C15H18N2O2S.BrH/c1-4-19-14(18)11-7-5-10(6-8-11)13-17-12(9-20-13)15(2,3)16;/h5-9H,4,16H2,1-3H3;1H. The molecule has 0 fully saturated rings. The molecule has 0 bridgehead atoms. The lowest BCUT2D eigenvalue weighted by molar-refractivity contribution is 0.0526. The number of carbonyl (C=O) groups is 1. The normalized spacial score (nSPS) is 10.9. The van der Waals surface area contributed by atoms with Gasteiger partial charge in [0.25, 0.3) is 0 Å². The van der Waals surface area contributed by atoms with Gasteiger partial charge in [0.15, 0.2) is 0 Å². The minimum Gasteiger partial charge on any atom is -0.462 e. The van der Waals surface area contributed by atoms with E-state index >= 15 is 0 Å². The van der Waals surface area contributed by atoms with Gasteiger partial charge in [0.1, 0.15) is 5.01 Å². The van der Waals surface area contributed by atoms with Crippen molar-refractivity contribution in [2.45, 2.75) is 26.3 Å². The van der Waals surface area contributed by atoms with Gasteiger partial charge in [-0.3, -0.25) is 0 Å². The Hall–Kier alpha value is -1.24. The van der Waals surface area contributed by atoms with Gasteiger partial charge in [-0.2, -0.15) is 0 Å². The van der Waals surface area contributed by atoms with Crippen molar-refractivity contribution >= 4 is 34.3 Å². The number of nitrogens with zero attached hydrogens (tertiary/aromatic N) is 1.